The van der Waals surface area contributed by atoms with Crippen LogP contribution in [0.4, 0.5) is 5.69 Å². The first kappa shape index (κ1) is 17.9. The van der Waals surface area contributed by atoms with Crippen LogP contribution in [0.1, 0.15) is 5.56 Å². The first-order valence-corrected chi connectivity index (χ1v) is 9.24. The van der Waals surface area contributed by atoms with Gasteiger partial charge in [-0.3, -0.25) is 4.79 Å². The summed E-state index contributed by atoms with van der Waals surface area (Å²) in [6.45, 7) is 1.44. The second-order valence-electron chi connectivity index (χ2n) is 4.79. The molecule has 0 aliphatic rings. The van der Waals surface area contributed by atoms with E-state index < -0.39 is 15.9 Å². The topological polar surface area (TPSA) is 75.3 Å². The molecule has 122 valence electrons. The quantitative estimate of drug-likeness (QED) is 0.783. The average molecular weight is 418 g/mol. The number of benzene rings is 2. The number of halogens is 2. The molecule has 1 amide bonds. The van der Waals surface area contributed by atoms with E-state index in [-0.39, 0.29) is 11.4 Å². The highest BCUT2D eigenvalue weighted by Gasteiger charge is 2.15. The molecule has 2 rings (SSSR count). The molecule has 23 heavy (non-hydrogen) atoms. The molecule has 0 unspecified atom stereocenters. The van der Waals surface area contributed by atoms with Gasteiger partial charge in [-0.1, -0.05) is 27.5 Å². The molecule has 0 spiro atoms. The van der Waals surface area contributed by atoms with Gasteiger partial charge >= 0.3 is 0 Å². The lowest BCUT2D eigenvalue weighted by Gasteiger charge is -2.10. The molecule has 0 saturated carbocycles. The van der Waals surface area contributed by atoms with Crippen molar-refractivity contribution in [1.82, 2.24) is 4.72 Å². The van der Waals surface area contributed by atoms with Gasteiger partial charge in [-0.15, -0.1) is 0 Å². The fourth-order valence-corrected chi connectivity index (χ4v) is 3.29. The summed E-state index contributed by atoms with van der Waals surface area (Å²) in [6.07, 6.45) is 0. The number of carbonyl (C=O) groups excluding carboxylic acids is 1. The second-order valence-corrected chi connectivity index (χ2v) is 7.90. The number of rotatable bonds is 5. The van der Waals surface area contributed by atoms with Crippen molar-refractivity contribution < 1.29 is 13.2 Å². The summed E-state index contributed by atoms with van der Waals surface area (Å²) >= 11 is 9.08. The zero-order valence-electron chi connectivity index (χ0n) is 12.1. The van der Waals surface area contributed by atoms with E-state index in [1.165, 1.54) is 12.1 Å². The van der Waals surface area contributed by atoms with E-state index in [1.54, 1.807) is 37.3 Å². The summed E-state index contributed by atoms with van der Waals surface area (Å²) in [6, 6.07) is 11.2. The van der Waals surface area contributed by atoms with Crippen molar-refractivity contribution in [2.45, 2.75) is 11.8 Å². The highest BCUT2D eigenvalue weighted by Crippen LogP contribution is 2.19. The number of anilines is 1. The normalized spacial score (nSPS) is 11.3. The van der Waals surface area contributed by atoms with Gasteiger partial charge in [0.2, 0.25) is 15.9 Å². The second kappa shape index (κ2) is 7.44. The summed E-state index contributed by atoms with van der Waals surface area (Å²) in [5.41, 5.74) is 1.38. The van der Waals surface area contributed by atoms with E-state index >= 15 is 0 Å². The highest BCUT2D eigenvalue weighted by atomic mass is 79.9. The fourth-order valence-electron chi connectivity index (χ4n) is 1.82. The molecule has 0 aliphatic carbocycles. The van der Waals surface area contributed by atoms with E-state index in [9.17, 15) is 13.2 Å². The van der Waals surface area contributed by atoms with E-state index in [4.69, 9.17) is 11.6 Å². The van der Waals surface area contributed by atoms with Gasteiger partial charge in [0.15, 0.2) is 0 Å². The van der Waals surface area contributed by atoms with Crippen LogP contribution >= 0.6 is 27.5 Å². The molecule has 5 nitrogen and oxygen atoms in total. The molecule has 2 aromatic rings. The molecule has 0 fully saturated rings. The largest absolute Gasteiger partial charge is 0.325 e. The maximum Gasteiger partial charge on any atom is 0.241 e. The summed E-state index contributed by atoms with van der Waals surface area (Å²) in [4.78, 5) is 12.0. The zero-order valence-corrected chi connectivity index (χ0v) is 15.3. The smallest absolute Gasteiger partial charge is 0.241 e. The zero-order chi connectivity index (χ0) is 17.0. The van der Waals surface area contributed by atoms with Gasteiger partial charge in [0.05, 0.1) is 11.4 Å². The van der Waals surface area contributed by atoms with Crippen LogP contribution in [-0.4, -0.2) is 20.9 Å². The molecule has 0 radical (unpaired) electrons. The Hall–Kier alpha value is -1.41. The third-order valence-corrected chi connectivity index (χ3v) is 5.19. The van der Waals surface area contributed by atoms with E-state index in [2.05, 4.69) is 26.0 Å². The molecule has 0 aromatic heterocycles. The molecule has 0 bridgehead atoms. The van der Waals surface area contributed by atoms with Gasteiger partial charge in [-0.25, -0.2) is 13.1 Å². The van der Waals surface area contributed by atoms with Gasteiger partial charge in [0.1, 0.15) is 0 Å². The Morgan fingerprint density at radius 2 is 1.83 bits per heavy atom. The van der Waals surface area contributed by atoms with Gasteiger partial charge in [-0.05, 0) is 55.0 Å². The molecular weight excluding hydrogens is 404 g/mol. The fraction of sp³-hybridized carbons (Fsp3) is 0.133. The van der Waals surface area contributed by atoms with Crippen LogP contribution in [-0.2, 0) is 14.8 Å². The van der Waals surface area contributed by atoms with Crippen molar-refractivity contribution >= 4 is 49.1 Å². The average Bonchev–Trinajstić information content (AvgIpc) is 2.49. The number of carbonyl (C=O) groups is 1. The summed E-state index contributed by atoms with van der Waals surface area (Å²) in [5, 5.41) is 3.20. The van der Waals surface area contributed by atoms with E-state index in [1.807, 2.05) is 0 Å². The Kier molecular flexibility index (Phi) is 5.80. The van der Waals surface area contributed by atoms with Crippen LogP contribution in [0, 0.1) is 6.92 Å². The molecule has 0 aliphatic heterocycles. The Balaban J connectivity index is 1.99. The minimum absolute atomic E-state index is 0.0937. The van der Waals surface area contributed by atoms with Crippen LogP contribution in [0.2, 0.25) is 5.02 Å². The third-order valence-electron chi connectivity index (χ3n) is 3.01. The first-order valence-electron chi connectivity index (χ1n) is 6.59. The minimum Gasteiger partial charge on any atom is -0.325 e. The minimum atomic E-state index is -3.73. The molecule has 0 heterocycles. The lowest BCUT2D eigenvalue weighted by Crippen LogP contribution is -2.33. The monoisotopic (exact) mass is 416 g/mol. The van der Waals surface area contributed by atoms with E-state index in [0.29, 0.717) is 10.7 Å². The number of nitrogens with one attached hydrogen (secondary N) is 2. The molecule has 8 heteroatoms. The molecule has 0 atom stereocenters. The number of aryl methyl sites for hydroxylation is 1. The predicted molar refractivity (Wildman–Crippen MR) is 94.1 cm³/mol. The summed E-state index contributed by atoms with van der Waals surface area (Å²) in [5.74, 6) is -0.462. The van der Waals surface area contributed by atoms with Crippen LogP contribution in [0.25, 0.3) is 0 Å². The number of hydrogen-bond acceptors (Lipinski definition) is 3. The third kappa shape index (κ3) is 5.04. The summed E-state index contributed by atoms with van der Waals surface area (Å²) in [7, 11) is -3.73. The molecular formula is C15H14BrClN2O3S. The van der Waals surface area contributed by atoms with Crippen molar-refractivity contribution in [2.24, 2.45) is 0 Å². The Bertz CT molecular complexity index is 823. The lowest BCUT2D eigenvalue weighted by molar-refractivity contribution is -0.115. The Labute approximate surface area is 148 Å². The molecule has 0 saturated heterocycles. The number of sulfonamides is 1. The molecule has 2 aromatic carbocycles. The number of amides is 1. The van der Waals surface area contributed by atoms with Crippen LogP contribution < -0.4 is 10.0 Å². The van der Waals surface area contributed by atoms with Crippen LogP contribution in [0.3, 0.4) is 0 Å². The van der Waals surface area contributed by atoms with Gasteiger partial charge in [0, 0.05) is 15.2 Å². The predicted octanol–water partition coefficient (Wildman–Crippen LogP) is 3.33. The van der Waals surface area contributed by atoms with Gasteiger partial charge in [0.25, 0.3) is 0 Å². The van der Waals surface area contributed by atoms with Crippen LogP contribution in [0.5, 0.6) is 0 Å². The van der Waals surface area contributed by atoms with Gasteiger partial charge < -0.3 is 5.32 Å². The van der Waals surface area contributed by atoms with Gasteiger partial charge in [-0.2, -0.15) is 0 Å². The Morgan fingerprint density at radius 3 is 2.43 bits per heavy atom. The maximum absolute atomic E-state index is 12.1. The van der Waals surface area contributed by atoms with Crippen molar-refractivity contribution in [1.29, 1.82) is 0 Å². The lowest BCUT2D eigenvalue weighted by atomic mass is 10.2. The van der Waals surface area contributed by atoms with E-state index in [0.717, 1.165) is 10.0 Å². The summed E-state index contributed by atoms with van der Waals surface area (Å²) < 4.78 is 27.2. The standard InChI is InChI=1S/C15H14BrClN2O3S/c1-10-8-12(17)4-7-14(10)19-15(20)9-18-23(21,22)13-5-2-11(16)3-6-13/h2-8,18H,9H2,1H3,(H,19,20). The maximum atomic E-state index is 12.1. The first-order chi connectivity index (χ1) is 10.8. The van der Waals surface area contributed by atoms with Crippen molar-refractivity contribution in [3.8, 4) is 0 Å². The number of hydrogen-bond donors (Lipinski definition) is 2. The SMILES string of the molecule is Cc1cc(Cl)ccc1NC(=O)CNS(=O)(=O)c1ccc(Br)cc1. The van der Waals surface area contributed by atoms with Crippen molar-refractivity contribution in [3.63, 3.8) is 0 Å². The van der Waals surface area contributed by atoms with Crippen LogP contribution in [0.15, 0.2) is 51.8 Å². The Morgan fingerprint density at radius 1 is 1.17 bits per heavy atom. The highest BCUT2D eigenvalue weighted by molar-refractivity contribution is 9.10. The molecule has 2 N–H and O–H groups in total. The van der Waals surface area contributed by atoms with Crippen molar-refractivity contribution in [3.05, 3.63) is 57.5 Å². The van der Waals surface area contributed by atoms with Crippen molar-refractivity contribution in [2.75, 3.05) is 11.9 Å².